The summed E-state index contributed by atoms with van der Waals surface area (Å²) in [7, 11) is 1.55. The third-order valence-corrected chi connectivity index (χ3v) is 6.17. The van der Waals surface area contributed by atoms with Gasteiger partial charge in [-0.25, -0.2) is 4.39 Å². The number of nitrogens with zero attached hydrogens (tertiary/aromatic N) is 5. The second kappa shape index (κ2) is 11.3. The number of hydrogen-bond acceptors (Lipinski definition) is 7. The van der Waals surface area contributed by atoms with Crippen molar-refractivity contribution in [2.24, 2.45) is 5.73 Å². The van der Waals surface area contributed by atoms with Crippen LogP contribution in [0.2, 0.25) is 5.02 Å². The van der Waals surface area contributed by atoms with Gasteiger partial charge in [0.25, 0.3) is 5.56 Å². The van der Waals surface area contributed by atoms with Crippen LogP contribution < -0.4 is 21.3 Å². The second-order valence-electron chi connectivity index (χ2n) is 8.25. The third kappa shape index (κ3) is 5.39. The van der Waals surface area contributed by atoms with Gasteiger partial charge < -0.3 is 20.4 Å². The number of tetrazole rings is 1. The largest absolute Gasteiger partial charge is 0.495 e. The SMILES string of the molecule is CCC[C@@H](CNc1ccc(CN)c(F)c1)n1cc(OC)c(-c2cc(Cl)ccc2-n2cnnn2)cc1=O. The molecule has 4 rings (SSSR count). The lowest BCUT2D eigenvalue weighted by molar-refractivity contribution is 0.399. The highest BCUT2D eigenvalue weighted by Crippen LogP contribution is 2.35. The van der Waals surface area contributed by atoms with Crippen LogP contribution in [0.3, 0.4) is 0 Å². The molecule has 2 aromatic heterocycles. The molecule has 0 spiro atoms. The van der Waals surface area contributed by atoms with Gasteiger partial charge in [0.05, 0.1) is 25.0 Å². The predicted molar refractivity (Wildman–Crippen MR) is 137 cm³/mol. The Morgan fingerprint density at radius 3 is 2.69 bits per heavy atom. The maximum Gasteiger partial charge on any atom is 0.251 e. The van der Waals surface area contributed by atoms with Crippen molar-refractivity contribution >= 4 is 17.3 Å². The summed E-state index contributed by atoms with van der Waals surface area (Å²) >= 11 is 6.29. The Morgan fingerprint density at radius 1 is 1.19 bits per heavy atom. The Kier molecular flexibility index (Phi) is 7.97. The summed E-state index contributed by atoms with van der Waals surface area (Å²) in [6, 6.07) is 11.4. The number of halogens is 2. The van der Waals surface area contributed by atoms with E-state index >= 15 is 0 Å². The summed E-state index contributed by atoms with van der Waals surface area (Å²) in [4.78, 5) is 13.4. The van der Waals surface area contributed by atoms with Crippen LogP contribution in [-0.2, 0) is 6.54 Å². The van der Waals surface area contributed by atoms with Crippen LogP contribution in [-0.4, -0.2) is 38.4 Å². The monoisotopic (exact) mass is 511 g/mol. The van der Waals surface area contributed by atoms with E-state index in [9.17, 15) is 9.18 Å². The minimum absolute atomic E-state index is 0.133. The molecule has 3 N–H and O–H groups in total. The van der Waals surface area contributed by atoms with Crippen LogP contribution in [0.15, 0.2) is 59.8 Å². The van der Waals surface area contributed by atoms with Gasteiger partial charge in [0, 0.05) is 46.6 Å². The van der Waals surface area contributed by atoms with Gasteiger partial charge in [-0.1, -0.05) is 31.0 Å². The molecule has 0 saturated carbocycles. The summed E-state index contributed by atoms with van der Waals surface area (Å²) < 4.78 is 23.0. The van der Waals surface area contributed by atoms with Crippen molar-refractivity contribution in [3.8, 4) is 22.6 Å². The van der Waals surface area contributed by atoms with E-state index < -0.39 is 0 Å². The lowest BCUT2D eigenvalue weighted by Gasteiger charge is -2.23. The van der Waals surface area contributed by atoms with Crippen molar-refractivity contribution < 1.29 is 9.13 Å². The number of benzene rings is 2. The smallest absolute Gasteiger partial charge is 0.251 e. The van der Waals surface area contributed by atoms with Gasteiger partial charge >= 0.3 is 0 Å². The van der Waals surface area contributed by atoms with E-state index in [1.54, 1.807) is 48.2 Å². The quantitative estimate of drug-likeness (QED) is 0.328. The van der Waals surface area contributed by atoms with E-state index in [0.717, 1.165) is 12.8 Å². The molecule has 1 atom stereocenters. The first-order valence-corrected chi connectivity index (χ1v) is 11.9. The number of rotatable bonds is 10. The molecule has 0 aliphatic carbocycles. The number of methoxy groups -OCH3 is 1. The Hall–Kier alpha value is -3.76. The molecule has 9 nitrogen and oxygen atoms in total. The number of nitrogens with one attached hydrogen (secondary N) is 1. The van der Waals surface area contributed by atoms with Gasteiger partial charge in [-0.15, -0.1) is 5.10 Å². The first-order valence-electron chi connectivity index (χ1n) is 11.5. The topological polar surface area (TPSA) is 113 Å². The average molecular weight is 512 g/mol. The zero-order chi connectivity index (χ0) is 25.7. The first kappa shape index (κ1) is 25.3. The second-order valence-corrected chi connectivity index (χ2v) is 8.69. The molecule has 0 radical (unpaired) electrons. The van der Waals surface area contributed by atoms with E-state index in [4.69, 9.17) is 22.1 Å². The van der Waals surface area contributed by atoms with E-state index in [-0.39, 0.29) is 24.0 Å². The van der Waals surface area contributed by atoms with Crippen molar-refractivity contribution in [3.05, 3.63) is 81.7 Å². The number of hydrogen-bond donors (Lipinski definition) is 2. The molecule has 0 bridgehead atoms. The minimum atomic E-state index is -0.363. The highest BCUT2D eigenvalue weighted by atomic mass is 35.5. The zero-order valence-electron chi connectivity index (χ0n) is 20.0. The third-order valence-electron chi connectivity index (χ3n) is 5.94. The molecule has 188 valence electrons. The summed E-state index contributed by atoms with van der Waals surface area (Å²) in [6.45, 7) is 2.60. The highest BCUT2D eigenvalue weighted by molar-refractivity contribution is 6.31. The van der Waals surface area contributed by atoms with Crippen molar-refractivity contribution in [2.45, 2.75) is 32.4 Å². The molecule has 4 aromatic rings. The Morgan fingerprint density at radius 2 is 2.03 bits per heavy atom. The fourth-order valence-corrected chi connectivity index (χ4v) is 4.29. The molecule has 0 unspecified atom stereocenters. The molecule has 0 aliphatic heterocycles. The van der Waals surface area contributed by atoms with Gasteiger partial charge in [0.1, 0.15) is 17.9 Å². The highest BCUT2D eigenvalue weighted by Gasteiger charge is 2.19. The van der Waals surface area contributed by atoms with E-state index in [1.165, 1.54) is 23.1 Å². The van der Waals surface area contributed by atoms with Crippen LogP contribution in [0.4, 0.5) is 10.1 Å². The van der Waals surface area contributed by atoms with Gasteiger partial charge in [0.2, 0.25) is 0 Å². The Bertz CT molecular complexity index is 1390. The maximum absolute atomic E-state index is 14.2. The van der Waals surface area contributed by atoms with Crippen LogP contribution >= 0.6 is 11.6 Å². The first-order chi connectivity index (χ1) is 17.4. The molecule has 36 heavy (non-hydrogen) atoms. The number of pyridine rings is 1. The van der Waals surface area contributed by atoms with Crippen molar-refractivity contribution in [1.82, 2.24) is 24.8 Å². The van der Waals surface area contributed by atoms with E-state index in [2.05, 4.69) is 20.8 Å². The van der Waals surface area contributed by atoms with Crippen molar-refractivity contribution in [3.63, 3.8) is 0 Å². The summed E-state index contributed by atoms with van der Waals surface area (Å²) in [5, 5.41) is 15.1. The summed E-state index contributed by atoms with van der Waals surface area (Å²) in [6.07, 6.45) is 4.74. The van der Waals surface area contributed by atoms with Gasteiger partial charge in [0.15, 0.2) is 0 Å². The molecule has 2 heterocycles. The van der Waals surface area contributed by atoms with Crippen molar-refractivity contribution in [2.75, 3.05) is 19.0 Å². The van der Waals surface area contributed by atoms with E-state index in [1.807, 2.05) is 6.92 Å². The predicted octanol–water partition coefficient (Wildman–Crippen LogP) is 4.20. The fraction of sp³-hybridized carbons (Fsp3) is 0.280. The minimum Gasteiger partial charge on any atom is -0.495 e. The molecule has 0 fully saturated rings. The number of ether oxygens (including phenoxy) is 1. The molecule has 2 aromatic carbocycles. The molecular formula is C25H27ClFN7O2. The van der Waals surface area contributed by atoms with Gasteiger partial charge in [-0.3, -0.25) is 4.79 Å². The summed E-state index contributed by atoms with van der Waals surface area (Å²) in [5.41, 5.74) is 8.27. The Balaban J connectivity index is 1.70. The normalized spacial score (nSPS) is 11.9. The lowest BCUT2D eigenvalue weighted by Crippen LogP contribution is -2.29. The Labute approximate surface area is 212 Å². The molecule has 0 saturated heterocycles. The number of anilines is 1. The van der Waals surface area contributed by atoms with E-state index in [0.29, 0.717) is 45.4 Å². The van der Waals surface area contributed by atoms with Crippen LogP contribution in [0.1, 0.15) is 31.4 Å². The standard InChI is InChI=1S/C25H27ClFN7O2/c1-3-4-19(13-29-18-7-5-16(12-28)22(27)10-18)33-14-24(36-2)21(11-25(33)35)20-9-17(26)6-8-23(20)34-15-30-31-32-34/h5-11,14-15,19,29H,3-4,12-13,28H2,1-2H3/t19-/m0/s1. The maximum atomic E-state index is 14.2. The van der Waals surface area contributed by atoms with Crippen LogP contribution in [0, 0.1) is 5.82 Å². The fourth-order valence-electron chi connectivity index (χ4n) is 4.11. The van der Waals surface area contributed by atoms with Crippen molar-refractivity contribution in [1.29, 1.82) is 0 Å². The number of nitrogens with two attached hydrogens (primary N) is 1. The molecule has 0 amide bonds. The molecular weight excluding hydrogens is 485 g/mol. The van der Waals surface area contributed by atoms with Crippen LogP contribution in [0.25, 0.3) is 16.8 Å². The molecule has 11 heteroatoms. The van der Waals surface area contributed by atoms with Gasteiger partial charge in [-0.2, -0.15) is 4.68 Å². The zero-order valence-corrected chi connectivity index (χ0v) is 20.7. The number of aromatic nitrogens is 5. The average Bonchev–Trinajstić information content (AvgIpc) is 3.41. The van der Waals surface area contributed by atoms with Gasteiger partial charge in [-0.05, 0) is 47.2 Å². The lowest BCUT2D eigenvalue weighted by atomic mass is 10.0. The van der Waals surface area contributed by atoms with Crippen LogP contribution in [0.5, 0.6) is 5.75 Å². The molecule has 0 aliphatic rings. The summed E-state index contributed by atoms with van der Waals surface area (Å²) in [5.74, 6) is 0.128.